The third-order valence-corrected chi connectivity index (χ3v) is 2.71. The van der Waals surface area contributed by atoms with Crippen LogP contribution in [0.4, 0.5) is 5.69 Å². The number of nitrogens with zero attached hydrogens (tertiary/aromatic N) is 1. The molecule has 2 N–H and O–H groups in total. The smallest absolute Gasteiger partial charge is 0.339 e. The summed E-state index contributed by atoms with van der Waals surface area (Å²) < 4.78 is 4.61. The lowest BCUT2D eigenvalue weighted by molar-refractivity contribution is 0.0600. The first-order valence-electron chi connectivity index (χ1n) is 5.39. The lowest BCUT2D eigenvalue weighted by atomic mass is 10.0. The number of carbonyl (C=O) groups excluding carboxylic acids is 1. The van der Waals surface area contributed by atoms with Crippen molar-refractivity contribution in [3.05, 3.63) is 29.1 Å². The van der Waals surface area contributed by atoms with Crippen molar-refractivity contribution in [3.8, 4) is 0 Å². The van der Waals surface area contributed by atoms with Gasteiger partial charge in [-0.05, 0) is 24.1 Å². The molecule has 0 spiro atoms. The Balaban J connectivity index is 2.39. The van der Waals surface area contributed by atoms with E-state index in [0.29, 0.717) is 11.3 Å². The highest BCUT2D eigenvalue weighted by atomic mass is 16.5. The number of anilines is 1. The number of carbonyl (C=O) groups is 1. The molecule has 0 aromatic carbocycles. The summed E-state index contributed by atoms with van der Waals surface area (Å²) in [5, 5.41) is 12.7. The van der Waals surface area contributed by atoms with E-state index in [1.165, 1.54) is 13.3 Å². The lowest BCUT2D eigenvalue weighted by Crippen LogP contribution is -2.25. The van der Waals surface area contributed by atoms with Gasteiger partial charge in [0.25, 0.3) is 0 Å². The molecule has 1 aromatic heterocycles. The normalized spacial score (nSPS) is 17.8. The van der Waals surface area contributed by atoms with Crippen LogP contribution in [0.15, 0.2) is 17.8 Å². The fraction of sp³-hybridized carbons (Fsp3) is 0.333. The minimum absolute atomic E-state index is 0.360. The standard InChI is InChI=1S/C12H14N2O3/c1-3-7-4-9-10(14-11(7)15)5-8(6-13-9)12(16)17-2/h4-6,11,14-15H,3H2,1-2H3. The first kappa shape index (κ1) is 11.6. The van der Waals surface area contributed by atoms with E-state index >= 15 is 0 Å². The van der Waals surface area contributed by atoms with Crippen molar-refractivity contribution in [1.29, 1.82) is 0 Å². The maximum absolute atomic E-state index is 11.3. The number of methoxy groups -OCH3 is 1. The molecule has 0 bridgehead atoms. The van der Waals surface area contributed by atoms with E-state index in [4.69, 9.17) is 0 Å². The maximum atomic E-state index is 11.3. The molecule has 1 aliphatic rings. The number of aliphatic hydroxyl groups is 1. The van der Waals surface area contributed by atoms with Gasteiger partial charge in [-0.25, -0.2) is 4.79 Å². The third-order valence-electron chi connectivity index (χ3n) is 2.71. The molecule has 0 saturated heterocycles. The Kier molecular flexibility index (Phi) is 3.10. The van der Waals surface area contributed by atoms with Crippen molar-refractivity contribution in [2.75, 3.05) is 12.4 Å². The molecule has 2 rings (SSSR count). The molecule has 5 nitrogen and oxygen atoms in total. The number of rotatable bonds is 2. The third kappa shape index (κ3) is 2.14. The van der Waals surface area contributed by atoms with Gasteiger partial charge < -0.3 is 15.2 Å². The largest absolute Gasteiger partial charge is 0.465 e. The number of pyridine rings is 1. The van der Waals surface area contributed by atoms with Gasteiger partial charge in [-0.2, -0.15) is 0 Å². The average Bonchev–Trinajstić information content (AvgIpc) is 2.36. The minimum atomic E-state index is -0.720. The van der Waals surface area contributed by atoms with Crippen molar-refractivity contribution in [2.24, 2.45) is 0 Å². The number of hydrogen-bond acceptors (Lipinski definition) is 5. The zero-order valence-electron chi connectivity index (χ0n) is 9.73. The second kappa shape index (κ2) is 4.55. The van der Waals surface area contributed by atoms with Gasteiger partial charge in [0.05, 0.1) is 24.1 Å². The molecule has 0 fully saturated rings. The van der Waals surface area contributed by atoms with Crippen molar-refractivity contribution in [2.45, 2.75) is 19.6 Å². The minimum Gasteiger partial charge on any atom is -0.465 e. The summed E-state index contributed by atoms with van der Waals surface area (Å²) in [5.41, 5.74) is 2.59. The van der Waals surface area contributed by atoms with Crippen LogP contribution in [0.1, 0.15) is 29.4 Å². The van der Waals surface area contributed by atoms with Crippen LogP contribution in [0.5, 0.6) is 0 Å². The Morgan fingerprint density at radius 2 is 2.41 bits per heavy atom. The Bertz CT molecular complexity index is 483. The molecule has 1 aromatic rings. The fourth-order valence-electron chi connectivity index (χ4n) is 1.73. The van der Waals surface area contributed by atoms with Crippen LogP contribution in [-0.2, 0) is 4.74 Å². The molecular formula is C12H14N2O3. The van der Waals surface area contributed by atoms with Gasteiger partial charge >= 0.3 is 5.97 Å². The van der Waals surface area contributed by atoms with Gasteiger partial charge in [0, 0.05) is 6.20 Å². The van der Waals surface area contributed by atoms with E-state index in [2.05, 4.69) is 15.0 Å². The molecule has 90 valence electrons. The molecule has 1 aliphatic heterocycles. The zero-order valence-corrected chi connectivity index (χ0v) is 9.73. The van der Waals surface area contributed by atoms with E-state index in [9.17, 15) is 9.90 Å². The predicted octanol–water partition coefficient (Wildman–Crippen LogP) is 1.41. The SMILES string of the molecule is CCC1=Cc2ncc(C(=O)OC)cc2NC1O. The molecule has 1 atom stereocenters. The Morgan fingerprint density at radius 1 is 1.65 bits per heavy atom. The predicted molar refractivity (Wildman–Crippen MR) is 63.5 cm³/mol. The van der Waals surface area contributed by atoms with Crippen molar-refractivity contribution in [1.82, 2.24) is 4.98 Å². The number of nitrogens with one attached hydrogen (secondary N) is 1. The molecule has 2 heterocycles. The van der Waals surface area contributed by atoms with E-state index in [1.807, 2.05) is 13.0 Å². The fourth-order valence-corrected chi connectivity index (χ4v) is 1.73. The van der Waals surface area contributed by atoms with Crippen molar-refractivity contribution in [3.63, 3.8) is 0 Å². The van der Waals surface area contributed by atoms with Gasteiger partial charge in [0.15, 0.2) is 0 Å². The van der Waals surface area contributed by atoms with Crippen LogP contribution in [0, 0.1) is 0 Å². The monoisotopic (exact) mass is 234 g/mol. The number of esters is 1. The van der Waals surface area contributed by atoms with Gasteiger partial charge in [-0.3, -0.25) is 4.98 Å². The maximum Gasteiger partial charge on any atom is 0.339 e. The number of aliphatic hydroxyl groups excluding tert-OH is 1. The van der Waals surface area contributed by atoms with E-state index in [-0.39, 0.29) is 0 Å². The molecule has 0 radical (unpaired) electrons. The Morgan fingerprint density at radius 3 is 3.06 bits per heavy atom. The van der Waals surface area contributed by atoms with E-state index in [0.717, 1.165) is 17.7 Å². The van der Waals surface area contributed by atoms with Crippen LogP contribution in [0.3, 0.4) is 0 Å². The molecule has 0 saturated carbocycles. The van der Waals surface area contributed by atoms with Crippen LogP contribution < -0.4 is 5.32 Å². The number of fused-ring (bicyclic) bond motifs is 1. The molecule has 5 heteroatoms. The highest BCUT2D eigenvalue weighted by molar-refractivity contribution is 5.91. The van der Waals surface area contributed by atoms with Crippen LogP contribution in [-0.4, -0.2) is 29.4 Å². The summed E-state index contributed by atoms with van der Waals surface area (Å²) >= 11 is 0. The molecular weight excluding hydrogens is 220 g/mol. The summed E-state index contributed by atoms with van der Waals surface area (Å²) in [6.45, 7) is 1.96. The number of hydrogen-bond donors (Lipinski definition) is 2. The van der Waals surface area contributed by atoms with Crippen molar-refractivity contribution < 1.29 is 14.6 Å². The van der Waals surface area contributed by atoms with E-state index < -0.39 is 12.2 Å². The summed E-state index contributed by atoms with van der Waals surface area (Å²) in [5.74, 6) is -0.443. The molecule has 0 amide bonds. The highest BCUT2D eigenvalue weighted by Crippen LogP contribution is 2.26. The van der Waals surface area contributed by atoms with Gasteiger partial charge in [-0.1, -0.05) is 6.92 Å². The topological polar surface area (TPSA) is 71.5 Å². The lowest BCUT2D eigenvalue weighted by Gasteiger charge is -2.23. The van der Waals surface area contributed by atoms with Gasteiger partial charge in [0.2, 0.25) is 0 Å². The summed E-state index contributed by atoms with van der Waals surface area (Å²) in [6, 6.07) is 1.63. The van der Waals surface area contributed by atoms with E-state index in [1.54, 1.807) is 6.07 Å². The second-order valence-corrected chi connectivity index (χ2v) is 3.77. The molecule has 1 unspecified atom stereocenters. The highest BCUT2D eigenvalue weighted by Gasteiger charge is 2.19. The summed E-state index contributed by atoms with van der Waals surface area (Å²) in [4.78, 5) is 15.5. The molecule has 17 heavy (non-hydrogen) atoms. The Labute approximate surface area is 99.1 Å². The molecule has 0 aliphatic carbocycles. The number of aromatic nitrogens is 1. The van der Waals surface area contributed by atoms with Gasteiger partial charge in [-0.15, -0.1) is 0 Å². The van der Waals surface area contributed by atoms with Crippen LogP contribution in [0.25, 0.3) is 6.08 Å². The summed E-state index contributed by atoms with van der Waals surface area (Å²) in [6.07, 6.45) is 3.32. The average molecular weight is 234 g/mol. The van der Waals surface area contributed by atoms with Gasteiger partial charge in [0.1, 0.15) is 6.23 Å². The first-order chi connectivity index (χ1) is 8.15. The second-order valence-electron chi connectivity index (χ2n) is 3.77. The Hall–Kier alpha value is -1.88. The zero-order chi connectivity index (χ0) is 12.4. The van der Waals surface area contributed by atoms with Crippen molar-refractivity contribution >= 4 is 17.7 Å². The first-order valence-corrected chi connectivity index (χ1v) is 5.39. The number of ether oxygens (including phenoxy) is 1. The van der Waals surface area contributed by atoms with Crippen LogP contribution >= 0.6 is 0 Å². The summed E-state index contributed by atoms with van der Waals surface area (Å²) in [7, 11) is 1.32. The quantitative estimate of drug-likeness (QED) is 0.757. The van der Waals surface area contributed by atoms with Crippen LogP contribution in [0.2, 0.25) is 0 Å².